The summed E-state index contributed by atoms with van der Waals surface area (Å²) in [7, 11) is 0. The van der Waals surface area contributed by atoms with Gasteiger partial charge in [0.1, 0.15) is 0 Å². The first-order chi connectivity index (χ1) is 15.3. The molecule has 2 N–H and O–H groups in total. The van der Waals surface area contributed by atoms with Gasteiger partial charge in [0.25, 0.3) is 0 Å². The van der Waals surface area contributed by atoms with Crippen molar-refractivity contribution in [2.24, 2.45) is 11.7 Å². The van der Waals surface area contributed by atoms with Crippen LogP contribution < -0.4 is 10.6 Å². The van der Waals surface area contributed by atoms with Crippen molar-refractivity contribution in [1.82, 2.24) is 4.90 Å². The Hall–Kier alpha value is -2.03. The van der Waals surface area contributed by atoms with Gasteiger partial charge >= 0.3 is 6.18 Å². The number of ketones is 1. The Morgan fingerprint density at radius 2 is 1.78 bits per heavy atom. The first-order valence-electron chi connectivity index (χ1n) is 11.0. The standard InChI is InChI=1S/C24H28F3N3OS/c25-24(26,27)18-7-8-23-21(14-18)30(20-5-1-2-6-22(20)32-23)11-3-4-17-9-12-29(13-10-17)16-19(31)15-28/h1-2,5-8,14,17H,3-4,9-13,15-16,28H2. The molecule has 32 heavy (non-hydrogen) atoms. The minimum absolute atomic E-state index is 0.0713. The lowest BCUT2D eigenvalue weighted by Gasteiger charge is -2.35. The number of nitrogens with zero attached hydrogens (tertiary/aromatic N) is 2. The zero-order valence-electron chi connectivity index (χ0n) is 17.9. The number of alkyl halides is 3. The van der Waals surface area contributed by atoms with E-state index in [9.17, 15) is 18.0 Å². The molecule has 0 atom stereocenters. The molecule has 0 unspecified atom stereocenters. The highest BCUT2D eigenvalue weighted by Crippen LogP contribution is 2.49. The monoisotopic (exact) mass is 463 g/mol. The number of likely N-dealkylation sites (tertiary alicyclic amines) is 1. The van der Waals surface area contributed by atoms with Gasteiger partial charge in [-0.1, -0.05) is 23.9 Å². The Balaban J connectivity index is 1.42. The number of carbonyl (C=O) groups excluding carboxylic acids is 1. The number of anilines is 2. The second-order valence-corrected chi connectivity index (χ2v) is 9.59. The number of carbonyl (C=O) groups is 1. The normalized spacial score (nSPS) is 17.2. The van der Waals surface area contributed by atoms with Crippen LogP contribution in [-0.2, 0) is 11.0 Å². The van der Waals surface area contributed by atoms with Gasteiger partial charge < -0.3 is 10.6 Å². The number of hydrogen-bond donors (Lipinski definition) is 1. The van der Waals surface area contributed by atoms with Crippen LogP contribution in [0.25, 0.3) is 0 Å². The van der Waals surface area contributed by atoms with E-state index in [1.165, 1.54) is 23.9 Å². The lowest BCUT2D eigenvalue weighted by Crippen LogP contribution is -2.39. The molecule has 4 rings (SSSR count). The molecule has 2 aliphatic rings. The minimum Gasteiger partial charge on any atom is -0.340 e. The number of halogens is 3. The van der Waals surface area contributed by atoms with E-state index < -0.39 is 11.7 Å². The summed E-state index contributed by atoms with van der Waals surface area (Å²) in [6.45, 7) is 3.00. The lowest BCUT2D eigenvalue weighted by molar-refractivity contribution is -0.137. The van der Waals surface area contributed by atoms with E-state index in [0.29, 0.717) is 24.7 Å². The van der Waals surface area contributed by atoms with Gasteiger partial charge in [-0.2, -0.15) is 13.2 Å². The summed E-state index contributed by atoms with van der Waals surface area (Å²) >= 11 is 1.52. The molecule has 2 aromatic carbocycles. The number of piperidine rings is 1. The quantitative estimate of drug-likeness (QED) is 0.602. The zero-order chi connectivity index (χ0) is 22.7. The summed E-state index contributed by atoms with van der Waals surface area (Å²) in [5.41, 5.74) is 6.41. The molecule has 0 radical (unpaired) electrons. The molecule has 0 bridgehead atoms. The molecule has 0 amide bonds. The van der Waals surface area contributed by atoms with E-state index in [1.807, 2.05) is 29.2 Å². The van der Waals surface area contributed by atoms with Crippen molar-refractivity contribution in [3.05, 3.63) is 48.0 Å². The Labute approximate surface area is 190 Å². The highest BCUT2D eigenvalue weighted by molar-refractivity contribution is 7.99. The summed E-state index contributed by atoms with van der Waals surface area (Å²) in [6.07, 6.45) is -0.348. The molecule has 4 nitrogen and oxygen atoms in total. The van der Waals surface area contributed by atoms with Crippen molar-refractivity contribution in [2.75, 3.05) is 37.6 Å². The van der Waals surface area contributed by atoms with Crippen LogP contribution in [0.4, 0.5) is 24.5 Å². The van der Waals surface area contributed by atoms with Crippen molar-refractivity contribution < 1.29 is 18.0 Å². The third-order valence-corrected chi connectivity index (χ3v) is 7.41. The highest BCUT2D eigenvalue weighted by atomic mass is 32.2. The van der Waals surface area contributed by atoms with Crippen LogP contribution >= 0.6 is 11.8 Å². The van der Waals surface area contributed by atoms with Gasteiger partial charge in [-0.05, 0) is 75.0 Å². The Bertz CT molecular complexity index is 958. The maximum atomic E-state index is 13.4. The van der Waals surface area contributed by atoms with Crippen LogP contribution in [-0.4, -0.2) is 43.4 Å². The summed E-state index contributed by atoms with van der Waals surface area (Å²) in [6, 6.07) is 11.9. The molecule has 1 saturated heterocycles. The van der Waals surface area contributed by atoms with Crippen LogP contribution in [0.5, 0.6) is 0 Å². The summed E-state index contributed by atoms with van der Waals surface area (Å²) < 4.78 is 40.1. The topological polar surface area (TPSA) is 49.6 Å². The molecule has 2 aromatic rings. The van der Waals surface area contributed by atoms with E-state index in [0.717, 1.165) is 54.3 Å². The average molecular weight is 464 g/mol. The highest BCUT2D eigenvalue weighted by Gasteiger charge is 2.33. The van der Waals surface area contributed by atoms with E-state index in [2.05, 4.69) is 4.90 Å². The number of fused-ring (bicyclic) bond motifs is 2. The Morgan fingerprint density at radius 1 is 1.06 bits per heavy atom. The second-order valence-electron chi connectivity index (χ2n) is 8.51. The van der Waals surface area contributed by atoms with Crippen molar-refractivity contribution in [2.45, 2.75) is 41.7 Å². The van der Waals surface area contributed by atoms with Gasteiger partial charge in [0.15, 0.2) is 5.78 Å². The maximum Gasteiger partial charge on any atom is 0.416 e. The number of benzene rings is 2. The molecule has 0 saturated carbocycles. The number of Topliss-reactive ketones (excluding diaryl/α,β-unsaturated/α-hetero) is 1. The average Bonchev–Trinajstić information content (AvgIpc) is 2.78. The molecular weight excluding hydrogens is 435 g/mol. The third kappa shape index (κ3) is 5.30. The number of hydrogen-bond acceptors (Lipinski definition) is 5. The third-order valence-electron chi connectivity index (χ3n) is 6.28. The van der Waals surface area contributed by atoms with Gasteiger partial charge in [0.2, 0.25) is 0 Å². The van der Waals surface area contributed by atoms with Crippen LogP contribution in [0.3, 0.4) is 0 Å². The fraction of sp³-hybridized carbons (Fsp3) is 0.458. The van der Waals surface area contributed by atoms with Gasteiger partial charge in [-0.3, -0.25) is 9.69 Å². The largest absolute Gasteiger partial charge is 0.416 e. The van der Waals surface area contributed by atoms with Gasteiger partial charge in [-0.25, -0.2) is 0 Å². The predicted molar refractivity (Wildman–Crippen MR) is 121 cm³/mol. The van der Waals surface area contributed by atoms with Crippen molar-refractivity contribution in [3.8, 4) is 0 Å². The minimum atomic E-state index is -4.36. The summed E-state index contributed by atoms with van der Waals surface area (Å²) in [4.78, 5) is 17.7. The molecule has 2 heterocycles. The predicted octanol–water partition coefficient (Wildman–Crippen LogP) is 5.33. The second kappa shape index (κ2) is 9.85. The fourth-order valence-corrected chi connectivity index (χ4v) is 5.61. The fourth-order valence-electron chi connectivity index (χ4n) is 4.53. The number of nitrogens with two attached hydrogens (primary N) is 1. The zero-order valence-corrected chi connectivity index (χ0v) is 18.7. The maximum absolute atomic E-state index is 13.4. The molecule has 8 heteroatoms. The van der Waals surface area contributed by atoms with E-state index in [1.54, 1.807) is 6.07 Å². The summed E-state index contributed by atoms with van der Waals surface area (Å²) in [5, 5.41) is 0. The van der Waals surface area contributed by atoms with E-state index in [-0.39, 0.29) is 12.3 Å². The smallest absolute Gasteiger partial charge is 0.340 e. The Kier molecular flexibility index (Phi) is 7.12. The van der Waals surface area contributed by atoms with Crippen LogP contribution in [0.2, 0.25) is 0 Å². The van der Waals surface area contributed by atoms with E-state index in [4.69, 9.17) is 5.73 Å². The molecule has 0 aliphatic carbocycles. The molecular formula is C24H28F3N3OS. The Morgan fingerprint density at radius 3 is 2.50 bits per heavy atom. The first kappa shape index (κ1) is 23.1. The molecule has 1 fully saturated rings. The molecule has 2 aliphatic heterocycles. The van der Waals surface area contributed by atoms with Crippen molar-refractivity contribution >= 4 is 28.9 Å². The van der Waals surface area contributed by atoms with Gasteiger partial charge in [0.05, 0.1) is 30.0 Å². The van der Waals surface area contributed by atoms with Gasteiger partial charge in [0, 0.05) is 16.3 Å². The molecule has 0 spiro atoms. The van der Waals surface area contributed by atoms with Gasteiger partial charge in [-0.15, -0.1) is 0 Å². The van der Waals surface area contributed by atoms with E-state index >= 15 is 0 Å². The summed E-state index contributed by atoms with van der Waals surface area (Å²) in [5.74, 6) is 0.650. The SMILES string of the molecule is NCC(=O)CN1CCC(CCCN2c3ccccc3Sc3ccc(C(F)(F)F)cc32)CC1. The van der Waals surface area contributed by atoms with Crippen LogP contribution in [0, 0.1) is 5.92 Å². The first-order valence-corrected chi connectivity index (χ1v) is 11.9. The van der Waals surface area contributed by atoms with Crippen LogP contribution in [0.15, 0.2) is 52.3 Å². The van der Waals surface area contributed by atoms with Crippen LogP contribution in [0.1, 0.15) is 31.2 Å². The number of para-hydroxylation sites is 1. The lowest BCUT2D eigenvalue weighted by atomic mass is 9.92. The molecule has 172 valence electrons. The number of rotatable bonds is 7. The van der Waals surface area contributed by atoms with Crippen molar-refractivity contribution in [3.63, 3.8) is 0 Å². The van der Waals surface area contributed by atoms with Crippen molar-refractivity contribution in [1.29, 1.82) is 0 Å². The molecule has 0 aromatic heterocycles.